The van der Waals surface area contributed by atoms with Crippen LogP contribution in [-0.4, -0.2) is 41.9 Å². The van der Waals surface area contributed by atoms with Crippen LogP contribution in [0.1, 0.15) is 50.7 Å². The number of benzene rings is 2. The van der Waals surface area contributed by atoms with Gasteiger partial charge in [-0.2, -0.15) is 0 Å². The molecule has 2 aromatic carbocycles. The SMILES string of the molecule is CC(C)(C)NC(=O)C1CCN(Cc2cccc(NC(=O)C3COc4ccccc43)c2)CC1. The Labute approximate surface area is 190 Å². The van der Waals surface area contributed by atoms with E-state index in [0.717, 1.165) is 55.0 Å². The van der Waals surface area contributed by atoms with E-state index in [0.29, 0.717) is 6.61 Å². The maximum Gasteiger partial charge on any atom is 0.235 e. The summed E-state index contributed by atoms with van der Waals surface area (Å²) in [6, 6.07) is 15.7. The van der Waals surface area contributed by atoms with Crippen molar-refractivity contribution in [2.24, 2.45) is 5.92 Å². The molecule has 2 aromatic rings. The number of para-hydroxylation sites is 1. The molecule has 2 N–H and O–H groups in total. The summed E-state index contributed by atoms with van der Waals surface area (Å²) in [5, 5.41) is 6.16. The Balaban J connectivity index is 1.31. The minimum Gasteiger partial charge on any atom is -0.492 e. The Kier molecular flexibility index (Phi) is 6.51. The van der Waals surface area contributed by atoms with Gasteiger partial charge < -0.3 is 15.4 Å². The van der Waals surface area contributed by atoms with Crippen LogP contribution in [0.25, 0.3) is 0 Å². The van der Waals surface area contributed by atoms with Crippen LogP contribution < -0.4 is 15.4 Å². The van der Waals surface area contributed by atoms with Gasteiger partial charge in [-0.05, 0) is 70.5 Å². The van der Waals surface area contributed by atoms with Gasteiger partial charge in [0.1, 0.15) is 18.3 Å². The van der Waals surface area contributed by atoms with Crippen LogP contribution in [0.5, 0.6) is 5.75 Å². The molecule has 2 amide bonds. The van der Waals surface area contributed by atoms with Crippen LogP contribution in [-0.2, 0) is 16.1 Å². The highest BCUT2D eigenvalue weighted by molar-refractivity contribution is 5.97. The molecule has 1 atom stereocenters. The van der Waals surface area contributed by atoms with Gasteiger partial charge in [-0.3, -0.25) is 14.5 Å². The largest absolute Gasteiger partial charge is 0.492 e. The van der Waals surface area contributed by atoms with E-state index in [1.54, 1.807) is 0 Å². The van der Waals surface area contributed by atoms with Gasteiger partial charge in [0.25, 0.3) is 0 Å². The summed E-state index contributed by atoms with van der Waals surface area (Å²) in [6.45, 7) is 9.04. The predicted octanol–water partition coefficient (Wildman–Crippen LogP) is 3.93. The molecule has 0 bridgehead atoms. The molecule has 0 radical (unpaired) electrons. The van der Waals surface area contributed by atoms with Gasteiger partial charge in [0.05, 0.1) is 0 Å². The summed E-state index contributed by atoms with van der Waals surface area (Å²) in [5.74, 6) is 0.721. The second kappa shape index (κ2) is 9.33. The van der Waals surface area contributed by atoms with Gasteiger partial charge in [0.2, 0.25) is 11.8 Å². The minimum absolute atomic E-state index is 0.0437. The fourth-order valence-electron chi connectivity index (χ4n) is 4.44. The number of ether oxygens (including phenoxy) is 1. The monoisotopic (exact) mass is 435 g/mol. The smallest absolute Gasteiger partial charge is 0.235 e. The molecule has 4 rings (SSSR count). The average Bonchev–Trinajstić information content (AvgIpc) is 3.18. The molecule has 6 nitrogen and oxygen atoms in total. The number of hydrogen-bond donors (Lipinski definition) is 2. The summed E-state index contributed by atoms with van der Waals surface area (Å²) in [7, 11) is 0. The molecule has 0 aromatic heterocycles. The van der Waals surface area contributed by atoms with Crippen LogP contribution in [0.3, 0.4) is 0 Å². The zero-order valence-corrected chi connectivity index (χ0v) is 19.2. The molecule has 32 heavy (non-hydrogen) atoms. The first-order valence-electron chi connectivity index (χ1n) is 11.4. The highest BCUT2D eigenvalue weighted by Crippen LogP contribution is 2.34. The van der Waals surface area contributed by atoms with Gasteiger partial charge in [0, 0.05) is 29.3 Å². The molecule has 6 heteroatoms. The first-order chi connectivity index (χ1) is 15.3. The van der Waals surface area contributed by atoms with Crippen molar-refractivity contribution in [2.75, 3.05) is 25.0 Å². The van der Waals surface area contributed by atoms with E-state index in [9.17, 15) is 9.59 Å². The molecule has 0 spiro atoms. The van der Waals surface area contributed by atoms with E-state index in [4.69, 9.17) is 4.74 Å². The van der Waals surface area contributed by atoms with E-state index in [2.05, 4.69) is 21.6 Å². The fraction of sp³-hybridized carbons (Fsp3) is 0.462. The Morgan fingerprint density at radius 1 is 1.03 bits per heavy atom. The van der Waals surface area contributed by atoms with Crippen molar-refractivity contribution in [3.05, 3.63) is 59.7 Å². The molecular formula is C26H33N3O3. The van der Waals surface area contributed by atoms with Crippen LogP contribution in [0.2, 0.25) is 0 Å². The number of carbonyl (C=O) groups excluding carboxylic acids is 2. The normalized spacial score (nSPS) is 19.2. The number of nitrogens with one attached hydrogen (secondary N) is 2. The van der Waals surface area contributed by atoms with Crippen molar-refractivity contribution in [3.8, 4) is 5.75 Å². The Bertz CT molecular complexity index is 974. The van der Waals surface area contributed by atoms with Gasteiger partial charge in [-0.15, -0.1) is 0 Å². The highest BCUT2D eigenvalue weighted by Gasteiger charge is 2.30. The predicted molar refractivity (Wildman–Crippen MR) is 126 cm³/mol. The number of rotatable bonds is 5. The molecule has 2 heterocycles. The summed E-state index contributed by atoms with van der Waals surface area (Å²) in [6.07, 6.45) is 1.75. The zero-order valence-electron chi connectivity index (χ0n) is 19.2. The molecule has 2 aliphatic rings. The number of amides is 2. The van der Waals surface area contributed by atoms with Gasteiger partial charge in [-0.25, -0.2) is 0 Å². The lowest BCUT2D eigenvalue weighted by atomic mass is 9.94. The van der Waals surface area contributed by atoms with Crippen molar-refractivity contribution < 1.29 is 14.3 Å². The minimum atomic E-state index is -0.284. The van der Waals surface area contributed by atoms with E-state index < -0.39 is 0 Å². The summed E-state index contributed by atoms with van der Waals surface area (Å²) < 4.78 is 5.65. The number of likely N-dealkylation sites (tertiary alicyclic amines) is 1. The number of nitrogens with zero attached hydrogens (tertiary/aromatic N) is 1. The topological polar surface area (TPSA) is 70.7 Å². The summed E-state index contributed by atoms with van der Waals surface area (Å²) in [5.41, 5.74) is 2.71. The Hall–Kier alpha value is -2.86. The third kappa shape index (κ3) is 5.49. The van der Waals surface area contributed by atoms with E-state index in [1.165, 1.54) is 0 Å². The molecular weight excluding hydrogens is 402 g/mol. The lowest BCUT2D eigenvalue weighted by Gasteiger charge is -2.33. The molecule has 1 unspecified atom stereocenters. The Morgan fingerprint density at radius 2 is 1.78 bits per heavy atom. The lowest BCUT2D eigenvalue weighted by molar-refractivity contribution is -0.128. The van der Waals surface area contributed by atoms with E-state index in [-0.39, 0.29) is 29.2 Å². The van der Waals surface area contributed by atoms with Crippen LogP contribution >= 0.6 is 0 Å². The van der Waals surface area contributed by atoms with Gasteiger partial charge >= 0.3 is 0 Å². The first-order valence-corrected chi connectivity index (χ1v) is 11.4. The van der Waals surface area contributed by atoms with Crippen LogP contribution in [0.4, 0.5) is 5.69 Å². The molecule has 2 aliphatic heterocycles. The quantitative estimate of drug-likeness (QED) is 0.747. The second-order valence-electron chi connectivity index (χ2n) is 9.88. The van der Waals surface area contributed by atoms with Crippen molar-refractivity contribution in [1.82, 2.24) is 10.2 Å². The van der Waals surface area contributed by atoms with Crippen molar-refractivity contribution in [1.29, 1.82) is 0 Å². The summed E-state index contributed by atoms with van der Waals surface area (Å²) in [4.78, 5) is 27.6. The third-order valence-corrected chi connectivity index (χ3v) is 6.07. The third-order valence-electron chi connectivity index (χ3n) is 6.07. The second-order valence-corrected chi connectivity index (χ2v) is 9.88. The number of anilines is 1. The van der Waals surface area contributed by atoms with Crippen molar-refractivity contribution in [3.63, 3.8) is 0 Å². The van der Waals surface area contributed by atoms with E-state index in [1.807, 2.05) is 63.2 Å². The number of piperidine rings is 1. The average molecular weight is 436 g/mol. The molecule has 0 saturated carbocycles. The number of hydrogen-bond acceptors (Lipinski definition) is 4. The number of fused-ring (bicyclic) bond motifs is 1. The van der Waals surface area contributed by atoms with E-state index >= 15 is 0 Å². The first kappa shape index (κ1) is 22.3. The summed E-state index contributed by atoms with van der Waals surface area (Å²) >= 11 is 0. The highest BCUT2D eigenvalue weighted by atomic mass is 16.5. The number of carbonyl (C=O) groups is 2. The van der Waals surface area contributed by atoms with Gasteiger partial charge in [-0.1, -0.05) is 30.3 Å². The maximum atomic E-state index is 12.8. The molecule has 170 valence electrons. The zero-order chi connectivity index (χ0) is 22.7. The van der Waals surface area contributed by atoms with Crippen molar-refractivity contribution >= 4 is 17.5 Å². The maximum absolute atomic E-state index is 12.8. The molecule has 0 aliphatic carbocycles. The van der Waals surface area contributed by atoms with Crippen molar-refractivity contribution in [2.45, 2.75) is 51.6 Å². The fourth-order valence-corrected chi connectivity index (χ4v) is 4.44. The molecule has 1 fully saturated rings. The lowest BCUT2D eigenvalue weighted by Crippen LogP contribution is -2.46. The standard InChI is InChI=1S/C26H33N3O3/c1-26(2,3)28-24(30)19-11-13-29(14-12-19)16-18-7-6-8-20(15-18)27-25(31)22-17-32-23-10-5-4-9-21(22)23/h4-10,15,19,22H,11-14,16-17H2,1-3H3,(H,27,31)(H,28,30). The van der Waals surface area contributed by atoms with Crippen LogP contribution in [0, 0.1) is 5.92 Å². The van der Waals surface area contributed by atoms with Gasteiger partial charge in [0.15, 0.2) is 0 Å². The Morgan fingerprint density at radius 3 is 2.53 bits per heavy atom. The molecule has 1 saturated heterocycles. The van der Waals surface area contributed by atoms with Crippen LogP contribution in [0.15, 0.2) is 48.5 Å².